The molecule has 1 aromatic heterocycles. The van der Waals surface area contributed by atoms with Gasteiger partial charge < -0.3 is 10.5 Å². The second-order valence-corrected chi connectivity index (χ2v) is 4.06. The summed E-state index contributed by atoms with van der Waals surface area (Å²) in [6.07, 6.45) is 0. The fraction of sp³-hybridized carbons (Fsp3) is 0.308. The van der Waals surface area contributed by atoms with Crippen molar-refractivity contribution in [1.82, 2.24) is 9.78 Å². The molecule has 0 atom stereocenters. The van der Waals surface area contributed by atoms with Crippen LogP contribution in [-0.4, -0.2) is 9.78 Å². The summed E-state index contributed by atoms with van der Waals surface area (Å²) in [5, 5.41) is 4.23. The van der Waals surface area contributed by atoms with E-state index in [1.165, 1.54) is 0 Å². The van der Waals surface area contributed by atoms with Gasteiger partial charge in [0, 0.05) is 19.7 Å². The van der Waals surface area contributed by atoms with Crippen molar-refractivity contribution in [2.75, 3.05) is 0 Å². The largest absolute Gasteiger partial charge is 0.473 e. The van der Waals surface area contributed by atoms with Gasteiger partial charge >= 0.3 is 0 Å². The van der Waals surface area contributed by atoms with Gasteiger partial charge in [0.1, 0.15) is 6.61 Å². The number of nitrogens with zero attached hydrogens (tertiary/aromatic N) is 2. The lowest BCUT2D eigenvalue weighted by Gasteiger charge is -2.07. The summed E-state index contributed by atoms with van der Waals surface area (Å²) in [6, 6.07) is 10.0. The lowest BCUT2D eigenvalue weighted by atomic mass is 10.1. The molecule has 0 saturated heterocycles. The van der Waals surface area contributed by atoms with Crippen LogP contribution in [0, 0.1) is 6.92 Å². The molecule has 0 aliphatic rings. The van der Waals surface area contributed by atoms with Gasteiger partial charge in [-0.2, -0.15) is 5.10 Å². The maximum Gasteiger partial charge on any atom is 0.212 e. The number of rotatable bonds is 4. The number of benzene rings is 1. The molecule has 0 radical (unpaired) electrons. The Hall–Kier alpha value is -1.81. The quantitative estimate of drug-likeness (QED) is 0.872. The Morgan fingerprint density at radius 2 is 2.06 bits per heavy atom. The Kier molecular flexibility index (Phi) is 3.44. The van der Waals surface area contributed by atoms with Crippen molar-refractivity contribution in [1.29, 1.82) is 0 Å². The predicted molar refractivity (Wildman–Crippen MR) is 66.6 cm³/mol. The highest BCUT2D eigenvalue weighted by Crippen LogP contribution is 2.14. The van der Waals surface area contributed by atoms with Crippen molar-refractivity contribution < 1.29 is 4.74 Å². The number of ether oxygens (including phenoxy) is 1. The Labute approximate surface area is 101 Å². The molecule has 1 aromatic carbocycles. The third kappa shape index (κ3) is 2.85. The molecular formula is C13H17N3O. The van der Waals surface area contributed by atoms with E-state index in [-0.39, 0.29) is 0 Å². The Balaban J connectivity index is 2.04. The van der Waals surface area contributed by atoms with Crippen LogP contribution >= 0.6 is 0 Å². The first-order valence-corrected chi connectivity index (χ1v) is 5.60. The first-order chi connectivity index (χ1) is 8.19. The highest BCUT2D eigenvalue weighted by molar-refractivity contribution is 5.23. The van der Waals surface area contributed by atoms with Crippen molar-refractivity contribution in [3.05, 3.63) is 47.2 Å². The number of aryl methyl sites for hydroxylation is 2. The van der Waals surface area contributed by atoms with E-state index in [1.54, 1.807) is 4.68 Å². The lowest BCUT2D eigenvalue weighted by molar-refractivity contribution is 0.278. The van der Waals surface area contributed by atoms with E-state index in [9.17, 15) is 0 Å². The minimum Gasteiger partial charge on any atom is -0.473 e. The van der Waals surface area contributed by atoms with E-state index < -0.39 is 0 Å². The Morgan fingerprint density at radius 3 is 2.71 bits per heavy atom. The maximum absolute atomic E-state index is 5.70. The van der Waals surface area contributed by atoms with Crippen LogP contribution in [0.5, 0.6) is 5.88 Å². The standard InChI is InChI=1S/C13H17N3O/c1-10-6-13(16(2)15-10)17-9-12-5-3-4-11(7-12)8-14/h3-7H,8-9,14H2,1-2H3. The minimum atomic E-state index is 0.535. The van der Waals surface area contributed by atoms with Crippen LogP contribution in [0.15, 0.2) is 30.3 Å². The first-order valence-electron chi connectivity index (χ1n) is 5.60. The van der Waals surface area contributed by atoms with Crippen molar-refractivity contribution in [3.8, 4) is 5.88 Å². The number of hydrogen-bond acceptors (Lipinski definition) is 3. The smallest absolute Gasteiger partial charge is 0.212 e. The van der Waals surface area contributed by atoms with Gasteiger partial charge in [-0.1, -0.05) is 24.3 Å². The summed E-state index contributed by atoms with van der Waals surface area (Å²) >= 11 is 0. The van der Waals surface area contributed by atoms with Crippen LogP contribution in [0.3, 0.4) is 0 Å². The van der Waals surface area contributed by atoms with Gasteiger partial charge in [0.15, 0.2) is 0 Å². The zero-order valence-corrected chi connectivity index (χ0v) is 10.2. The molecular weight excluding hydrogens is 214 g/mol. The lowest BCUT2D eigenvalue weighted by Crippen LogP contribution is -2.02. The van der Waals surface area contributed by atoms with Gasteiger partial charge in [0.2, 0.25) is 5.88 Å². The monoisotopic (exact) mass is 231 g/mol. The summed E-state index contributed by atoms with van der Waals surface area (Å²) in [4.78, 5) is 0. The molecule has 2 aromatic rings. The van der Waals surface area contributed by atoms with Crippen molar-refractivity contribution in [2.24, 2.45) is 12.8 Å². The fourth-order valence-electron chi connectivity index (χ4n) is 1.73. The van der Waals surface area contributed by atoms with Crippen molar-refractivity contribution in [3.63, 3.8) is 0 Å². The van der Waals surface area contributed by atoms with E-state index in [0.29, 0.717) is 13.2 Å². The number of hydrogen-bond donors (Lipinski definition) is 1. The molecule has 0 amide bonds. The van der Waals surface area contributed by atoms with Crippen molar-refractivity contribution in [2.45, 2.75) is 20.1 Å². The zero-order chi connectivity index (χ0) is 12.3. The molecule has 0 spiro atoms. The van der Waals surface area contributed by atoms with E-state index in [0.717, 1.165) is 22.7 Å². The van der Waals surface area contributed by atoms with Gasteiger partial charge in [-0.05, 0) is 18.1 Å². The highest BCUT2D eigenvalue weighted by Gasteiger charge is 2.03. The second-order valence-electron chi connectivity index (χ2n) is 4.06. The predicted octanol–water partition coefficient (Wildman–Crippen LogP) is 1.77. The molecule has 0 saturated carbocycles. The van der Waals surface area contributed by atoms with E-state index >= 15 is 0 Å². The molecule has 0 unspecified atom stereocenters. The summed E-state index contributed by atoms with van der Waals surface area (Å²) < 4.78 is 7.44. The van der Waals surface area contributed by atoms with Gasteiger partial charge in [0.25, 0.3) is 0 Å². The average Bonchev–Trinajstić information content (AvgIpc) is 2.65. The first kappa shape index (κ1) is 11.7. The summed E-state index contributed by atoms with van der Waals surface area (Å²) in [5.41, 5.74) is 8.79. The van der Waals surface area contributed by atoms with E-state index in [4.69, 9.17) is 10.5 Å². The third-order valence-electron chi connectivity index (χ3n) is 2.57. The Bertz CT molecular complexity index is 505. The molecule has 0 aliphatic heterocycles. The van der Waals surface area contributed by atoms with E-state index in [2.05, 4.69) is 11.2 Å². The fourth-order valence-corrected chi connectivity index (χ4v) is 1.73. The maximum atomic E-state index is 5.70. The second kappa shape index (κ2) is 5.01. The molecule has 4 nitrogen and oxygen atoms in total. The average molecular weight is 231 g/mol. The number of nitrogens with two attached hydrogens (primary N) is 1. The SMILES string of the molecule is Cc1cc(OCc2cccc(CN)c2)n(C)n1. The molecule has 90 valence electrons. The van der Waals surface area contributed by atoms with Crippen LogP contribution < -0.4 is 10.5 Å². The topological polar surface area (TPSA) is 53.1 Å². The van der Waals surface area contributed by atoms with Gasteiger partial charge in [-0.3, -0.25) is 0 Å². The van der Waals surface area contributed by atoms with Crippen LogP contribution in [0.1, 0.15) is 16.8 Å². The molecule has 2 N–H and O–H groups in total. The van der Waals surface area contributed by atoms with Gasteiger partial charge in [-0.15, -0.1) is 0 Å². The normalized spacial score (nSPS) is 10.5. The molecule has 17 heavy (non-hydrogen) atoms. The van der Waals surface area contributed by atoms with Crippen LogP contribution in [-0.2, 0) is 20.2 Å². The highest BCUT2D eigenvalue weighted by atomic mass is 16.5. The summed E-state index contributed by atoms with van der Waals surface area (Å²) in [5.74, 6) is 0.778. The van der Waals surface area contributed by atoms with Crippen LogP contribution in [0.2, 0.25) is 0 Å². The molecule has 1 heterocycles. The number of aromatic nitrogens is 2. The molecule has 2 rings (SSSR count). The molecule has 0 bridgehead atoms. The summed E-state index contributed by atoms with van der Waals surface area (Å²) in [6.45, 7) is 3.04. The minimum absolute atomic E-state index is 0.535. The molecule has 4 heteroatoms. The third-order valence-corrected chi connectivity index (χ3v) is 2.57. The van der Waals surface area contributed by atoms with Gasteiger partial charge in [-0.25, -0.2) is 4.68 Å². The zero-order valence-electron chi connectivity index (χ0n) is 10.2. The van der Waals surface area contributed by atoms with Crippen LogP contribution in [0.25, 0.3) is 0 Å². The Morgan fingerprint density at radius 1 is 1.29 bits per heavy atom. The van der Waals surface area contributed by atoms with E-state index in [1.807, 2.05) is 38.2 Å². The van der Waals surface area contributed by atoms with Crippen molar-refractivity contribution >= 4 is 0 Å². The molecule has 0 aliphatic carbocycles. The van der Waals surface area contributed by atoms with Crippen LogP contribution in [0.4, 0.5) is 0 Å². The van der Waals surface area contributed by atoms with Gasteiger partial charge in [0.05, 0.1) is 5.69 Å². The molecule has 0 fully saturated rings. The summed E-state index contributed by atoms with van der Waals surface area (Å²) in [7, 11) is 1.87.